The van der Waals surface area contributed by atoms with E-state index in [1.807, 2.05) is 36.4 Å². The lowest BCUT2D eigenvalue weighted by atomic mass is 9.94. The number of aliphatic hydroxyl groups is 1. The molecule has 0 aliphatic rings. The Morgan fingerprint density at radius 2 is 1.50 bits per heavy atom. The number of hydrogen-bond acceptors (Lipinski definition) is 1. The van der Waals surface area contributed by atoms with Crippen LogP contribution in [0, 0.1) is 0 Å². The zero-order valence-corrected chi connectivity index (χ0v) is 9.96. The summed E-state index contributed by atoms with van der Waals surface area (Å²) in [6.45, 7) is -0.847. The van der Waals surface area contributed by atoms with Gasteiger partial charge >= 0.3 is 0 Å². The van der Waals surface area contributed by atoms with Crippen LogP contribution in [0.1, 0.15) is 11.1 Å². The Kier molecular flexibility index (Phi) is 3.90. The Bertz CT molecular complexity index is 507. The molecule has 1 N–H and O–H groups in total. The zero-order chi connectivity index (χ0) is 12.8. The largest absolute Gasteiger partial charge is 0.378 e. The van der Waals surface area contributed by atoms with Crippen molar-refractivity contribution >= 4 is 6.08 Å². The number of halogens is 1. The fourth-order valence-electron chi connectivity index (χ4n) is 1.74. The van der Waals surface area contributed by atoms with Gasteiger partial charge in [0.1, 0.15) is 12.3 Å². The third-order valence-corrected chi connectivity index (χ3v) is 2.83. The summed E-state index contributed by atoms with van der Waals surface area (Å²) in [4.78, 5) is 0. The standard InChI is InChI=1S/C16H15FO/c17-13-16(18,15-9-5-2-6-10-15)12-11-14-7-3-1-4-8-14/h1-12,18H,13H2. The van der Waals surface area contributed by atoms with Gasteiger partial charge in [-0.3, -0.25) is 0 Å². The molecular weight excluding hydrogens is 227 g/mol. The Morgan fingerprint density at radius 3 is 2.06 bits per heavy atom. The van der Waals surface area contributed by atoms with Crippen LogP contribution in [0.3, 0.4) is 0 Å². The van der Waals surface area contributed by atoms with Crippen LogP contribution in [0.4, 0.5) is 4.39 Å². The van der Waals surface area contributed by atoms with E-state index in [1.54, 1.807) is 30.3 Å². The molecule has 0 radical (unpaired) electrons. The van der Waals surface area contributed by atoms with Gasteiger partial charge in [-0.2, -0.15) is 0 Å². The first-order valence-corrected chi connectivity index (χ1v) is 5.83. The lowest BCUT2D eigenvalue weighted by Crippen LogP contribution is -2.25. The maximum atomic E-state index is 13.1. The first kappa shape index (κ1) is 12.5. The minimum Gasteiger partial charge on any atom is -0.378 e. The van der Waals surface area contributed by atoms with Gasteiger partial charge in [-0.25, -0.2) is 4.39 Å². The average Bonchev–Trinajstić information content (AvgIpc) is 2.47. The zero-order valence-electron chi connectivity index (χ0n) is 9.96. The van der Waals surface area contributed by atoms with Crippen molar-refractivity contribution in [3.63, 3.8) is 0 Å². The molecule has 1 atom stereocenters. The summed E-state index contributed by atoms with van der Waals surface area (Å²) in [7, 11) is 0. The maximum Gasteiger partial charge on any atom is 0.136 e. The fourth-order valence-corrected chi connectivity index (χ4v) is 1.74. The lowest BCUT2D eigenvalue weighted by molar-refractivity contribution is 0.0605. The van der Waals surface area contributed by atoms with E-state index in [0.29, 0.717) is 5.56 Å². The van der Waals surface area contributed by atoms with Crippen LogP contribution in [0.5, 0.6) is 0 Å². The van der Waals surface area contributed by atoms with E-state index < -0.39 is 12.3 Å². The summed E-state index contributed by atoms with van der Waals surface area (Å²) in [5.74, 6) is 0. The summed E-state index contributed by atoms with van der Waals surface area (Å²) < 4.78 is 13.1. The molecule has 2 rings (SSSR count). The molecule has 0 aliphatic heterocycles. The molecule has 0 aromatic heterocycles. The van der Waals surface area contributed by atoms with E-state index in [0.717, 1.165) is 5.56 Å². The predicted octanol–water partition coefficient (Wildman–Crippen LogP) is 3.56. The SMILES string of the molecule is OC(C=Cc1ccccc1)(CF)c1ccccc1. The Balaban J connectivity index is 2.27. The van der Waals surface area contributed by atoms with Crippen molar-refractivity contribution in [3.8, 4) is 0 Å². The molecule has 18 heavy (non-hydrogen) atoms. The van der Waals surface area contributed by atoms with Gasteiger partial charge in [0, 0.05) is 0 Å². The minimum atomic E-state index is -1.56. The van der Waals surface area contributed by atoms with E-state index in [4.69, 9.17) is 0 Å². The molecule has 0 heterocycles. The number of rotatable bonds is 4. The van der Waals surface area contributed by atoms with Crippen molar-refractivity contribution in [1.82, 2.24) is 0 Å². The summed E-state index contributed by atoms with van der Waals surface area (Å²) in [5.41, 5.74) is -0.0723. The highest BCUT2D eigenvalue weighted by Crippen LogP contribution is 2.24. The molecule has 0 saturated carbocycles. The van der Waals surface area contributed by atoms with Crippen LogP contribution in [-0.4, -0.2) is 11.8 Å². The average molecular weight is 242 g/mol. The fraction of sp³-hybridized carbons (Fsp3) is 0.125. The smallest absolute Gasteiger partial charge is 0.136 e. The summed E-state index contributed by atoms with van der Waals surface area (Å²) in [5, 5.41) is 10.3. The van der Waals surface area contributed by atoms with Gasteiger partial charge in [-0.05, 0) is 17.2 Å². The van der Waals surface area contributed by atoms with Crippen LogP contribution < -0.4 is 0 Å². The number of benzene rings is 2. The van der Waals surface area contributed by atoms with Crippen molar-refractivity contribution < 1.29 is 9.50 Å². The monoisotopic (exact) mass is 242 g/mol. The van der Waals surface area contributed by atoms with Gasteiger partial charge in [-0.1, -0.05) is 66.7 Å². The van der Waals surface area contributed by atoms with E-state index in [9.17, 15) is 9.50 Å². The van der Waals surface area contributed by atoms with Crippen molar-refractivity contribution in [1.29, 1.82) is 0 Å². The molecule has 1 nitrogen and oxygen atoms in total. The first-order chi connectivity index (χ1) is 8.74. The highest BCUT2D eigenvalue weighted by molar-refractivity contribution is 5.51. The highest BCUT2D eigenvalue weighted by Gasteiger charge is 2.25. The van der Waals surface area contributed by atoms with Crippen LogP contribution >= 0.6 is 0 Å². The summed E-state index contributed by atoms with van der Waals surface area (Å²) in [6, 6.07) is 18.4. The quantitative estimate of drug-likeness (QED) is 0.869. The molecule has 0 saturated heterocycles. The number of hydrogen-bond donors (Lipinski definition) is 1. The van der Waals surface area contributed by atoms with Gasteiger partial charge < -0.3 is 5.11 Å². The Morgan fingerprint density at radius 1 is 0.944 bits per heavy atom. The number of alkyl halides is 1. The molecule has 0 aliphatic carbocycles. The second kappa shape index (κ2) is 5.61. The lowest BCUT2D eigenvalue weighted by Gasteiger charge is -2.21. The van der Waals surface area contributed by atoms with Crippen molar-refractivity contribution in [2.75, 3.05) is 6.67 Å². The molecule has 0 fully saturated rings. The van der Waals surface area contributed by atoms with E-state index in [1.165, 1.54) is 6.08 Å². The minimum absolute atomic E-state index is 0.555. The third kappa shape index (κ3) is 2.84. The second-order valence-corrected chi connectivity index (χ2v) is 4.17. The highest BCUT2D eigenvalue weighted by atomic mass is 19.1. The van der Waals surface area contributed by atoms with E-state index >= 15 is 0 Å². The predicted molar refractivity (Wildman–Crippen MR) is 71.8 cm³/mol. The molecular formula is C16H15FO. The van der Waals surface area contributed by atoms with Crippen molar-refractivity contribution in [2.45, 2.75) is 5.60 Å². The maximum absolute atomic E-state index is 13.1. The van der Waals surface area contributed by atoms with Gasteiger partial charge in [-0.15, -0.1) is 0 Å². The first-order valence-electron chi connectivity index (χ1n) is 5.83. The van der Waals surface area contributed by atoms with Crippen LogP contribution in [0.15, 0.2) is 66.7 Å². The summed E-state index contributed by atoms with van der Waals surface area (Å²) >= 11 is 0. The summed E-state index contributed by atoms with van der Waals surface area (Å²) in [6.07, 6.45) is 3.23. The molecule has 2 heteroatoms. The Hall–Kier alpha value is -1.93. The van der Waals surface area contributed by atoms with Gasteiger partial charge in [0.25, 0.3) is 0 Å². The van der Waals surface area contributed by atoms with Crippen molar-refractivity contribution in [3.05, 3.63) is 77.9 Å². The molecule has 2 aromatic carbocycles. The molecule has 2 aromatic rings. The second-order valence-electron chi connectivity index (χ2n) is 4.17. The molecule has 92 valence electrons. The van der Waals surface area contributed by atoms with E-state index in [2.05, 4.69) is 0 Å². The van der Waals surface area contributed by atoms with Crippen molar-refractivity contribution in [2.24, 2.45) is 0 Å². The molecule has 0 bridgehead atoms. The van der Waals surface area contributed by atoms with E-state index in [-0.39, 0.29) is 0 Å². The van der Waals surface area contributed by atoms with Crippen LogP contribution in [0.25, 0.3) is 6.08 Å². The topological polar surface area (TPSA) is 20.2 Å². The van der Waals surface area contributed by atoms with Gasteiger partial charge in [0.2, 0.25) is 0 Å². The van der Waals surface area contributed by atoms with Gasteiger partial charge in [0.15, 0.2) is 0 Å². The van der Waals surface area contributed by atoms with Crippen LogP contribution in [0.2, 0.25) is 0 Å². The third-order valence-electron chi connectivity index (χ3n) is 2.83. The molecule has 1 unspecified atom stereocenters. The Labute approximate surface area is 106 Å². The molecule has 0 spiro atoms. The normalized spacial score (nSPS) is 14.6. The molecule has 0 amide bonds. The van der Waals surface area contributed by atoms with Crippen LogP contribution in [-0.2, 0) is 5.60 Å². The van der Waals surface area contributed by atoms with Gasteiger partial charge in [0.05, 0.1) is 0 Å².